The molecule has 1 aliphatic heterocycles. The maximum Gasteiger partial charge on any atom is 0.247 e. The molecule has 1 aromatic carbocycles. The first kappa shape index (κ1) is 30.3. The van der Waals surface area contributed by atoms with Crippen LogP contribution in [-0.4, -0.2) is 93.7 Å². The molecule has 2 aliphatic rings. The monoisotopic (exact) mass is 548 g/mol. The zero-order valence-corrected chi connectivity index (χ0v) is 23.6. The summed E-state index contributed by atoms with van der Waals surface area (Å²) >= 11 is 0. The van der Waals surface area contributed by atoms with Crippen LogP contribution in [0.5, 0.6) is 5.75 Å². The molecule has 0 radical (unpaired) electrons. The predicted molar refractivity (Wildman–Crippen MR) is 164 cm³/mol. The smallest absolute Gasteiger partial charge is 0.247 e. The Labute approximate surface area is 236 Å². The highest BCUT2D eigenvalue weighted by Gasteiger charge is 2.22. The zero-order chi connectivity index (χ0) is 29.1. The Bertz CT molecular complexity index is 1210. The number of rotatable bonds is 13. The third-order valence-electron chi connectivity index (χ3n) is 6.97. The highest BCUT2D eigenvalue weighted by Crippen LogP contribution is 2.38. The first-order valence-electron chi connectivity index (χ1n) is 13.2. The van der Waals surface area contributed by atoms with Crippen molar-refractivity contribution in [3.05, 3.63) is 60.0 Å². The van der Waals surface area contributed by atoms with Crippen molar-refractivity contribution < 1.29 is 14.6 Å². The number of ether oxygens (including phenoxy) is 1. The number of aliphatic imine (C=N–C) groups is 1. The second-order valence-electron chi connectivity index (χ2n) is 9.48. The van der Waals surface area contributed by atoms with Crippen LogP contribution in [0.25, 0.3) is 0 Å². The van der Waals surface area contributed by atoms with Crippen LogP contribution in [0.4, 0.5) is 17.1 Å². The van der Waals surface area contributed by atoms with Gasteiger partial charge in [0.1, 0.15) is 5.75 Å². The van der Waals surface area contributed by atoms with Gasteiger partial charge < -0.3 is 30.8 Å². The van der Waals surface area contributed by atoms with E-state index in [1.807, 2.05) is 25.3 Å². The second-order valence-corrected chi connectivity index (χ2v) is 9.48. The van der Waals surface area contributed by atoms with Gasteiger partial charge in [-0.1, -0.05) is 12.7 Å². The van der Waals surface area contributed by atoms with Crippen LogP contribution in [-0.2, 0) is 4.79 Å². The average molecular weight is 549 g/mol. The van der Waals surface area contributed by atoms with Crippen molar-refractivity contribution in [2.45, 2.75) is 13.3 Å². The van der Waals surface area contributed by atoms with Gasteiger partial charge in [0.2, 0.25) is 5.91 Å². The summed E-state index contributed by atoms with van der Waals surface area (Å²) in [6.45, 7) is 13.1. The molecule has 1 aromatic rings. The van der Waals surface area contributed by atoms with Crippen molar-refractivity contribution in [1.29, 1.82) is 5.41 Å². The highest BCUT2D eigenvalue weighted by atomic mass is 16.5. The van der Waals surface area contributed by atoms with Crippen molar-refractivity contribution >= 4 is 42.2 Å². The topological polar surface area (TPSA) is 129 Å². The zero-order valence-electron chi connectivity index (χ0n) is 23.6. The van der Waals surface area contributed by atoms with Crippen LogP contribution in [0, 0.1) is 11.3 Å². The molecule has 1 heterocycles. The summed E-state index contributed by atoms with van der Waals surface area (Å²) in [6, 6.07) is 3.72. The van der Waals surface area contributed by atoms with Crippen molar-refractivity contribution in [2.24, 2.45) is 16.0 Å². The average Bonchev–Trinajstić information content (AvgIpc) is 2.97. The van der Waals surface area contributed by atoms with E-state index in [1.165, 1.54) is 12.3 Å². The summed E-state index contributed by atoms with van der Waals surface area (Å²) < 4.78 is 5.69. The van der Waals surface area contributed by atoms with E-state index >= 15 is 0 Å². The minimum absolute atomic E-state index is 0.00201. The lowest BCUT2D eigenvalue weighted by Crippen LogP contribution is -2.47. The van der Waals surface area contributed by atoms with Gasteiger partial charge in [0.05, 0.1) is 48.5 Å². The van der Waals surface area contributed by atoms with Crippen molar-refractivity contribution in [3.8, 4) is 5.75 Å². The number of nitrogens with zero attached hydrogens (tertiary/aromatic N) is 5. The van der Waals surface area contributed by atoms with E-state index in [-0.39, 0.29) is 18.4 Å². The summed E-state index contributed by atoms with van der Waals surface area (Å²) in [5, 5.41) is 28.7. The number of aliphatic hydroxyl groups excluding tert-OH is 1. The number of hydrazone groups is 1. The van der Waals surface area contributed by atoms with Crippen molar-refractivity contribution in [2.75, 3.05) is 69.0 Å². The van der Waals surface area contributed by atoms with Crippen LogP contribution in [0.15, 0.2) is 70.1 Å². The van der Waals surface area contributed by atoms with Gasteiger partial charge in [0, 0.05) is 64.7 Å². The summed E-state index contributed by atoms with van der Waals surface area (Å²) in [5.41, 5.74) is 4.96. The number of aliphatic hydroxyl groups is 1. The number of amides is 1. The van der Waals surface area contributed by atoms with Crippen LogP contribution in [0.2, 0.25) is 0 Å². The number of allylic oxidation sites excluding steroid dienone is 4. The first-order valence-corrected chi connectivity index (χ1v) is 13.2. The number of methoxy groups -OCH3 is 1. The minimum Gasteiger partial charge on any atom is -0.494 e. The number of anilines is 3. The Hall–Kier alpha value is -4.22. The van der Waals surface area contributed by atoms with E-state index in [1.54, 1.807) is 24.5 Å². The molecule has 11 nitrogen and oxygen atoms in total. The maximum atomic E-state index is 12.3. The molecule has 1 fully saturated rings. The number of hydrogen-bond donors (Lipinski definition) is 4. The lowest BCUT2D eigenvalue weighted by atomic mass is 9.90. The van der Waals surface area contributed by atoms with E-state index < -0.39 is 0 Å². The number of carbonyl (C=O) groups excluding carboxylic acids is 1. The normalized spacial score (nSPS) is 18.1. The van der Waals surface area contributed by atoms with Crippen molar-refractivity contribution in [1.82, 2.24) is 9.91 Å². The molecule has 1 amide bonds. The number of carbonyl (C=O) groups is 1. The number of hydrogen-bond acceptors (Lipinski definition) is 9. The third-order valence-corrected chi connectivity index (χ3v) is 6.97. The Morgan fingerprint density at radius 3 is 2.65 bits per heavy atom. The van der Waals surface area contributed by atoms with E-state index in [4.69, 9.17) is 10.1 Å². The Kier molecular flexibility index (Phi) is 11.2. The van der Waals surface area contributed by atoms with Gasteiger partial charge in [-0.2, -0.15) is 5.10 Å². The first-order chi connectivity index (χ1) is 19.3. The molecule has 1 saturated heterocycles. The molecule has 3 rings (SSSR count). The number of likely N-dealkylation sites (N-methyl/N-ethyl adjacent to an activating group) is 1. The van der Waals surface area contributed by atoms with Gasteiger partial charge in [0.25, 0.3) is 0 Å². The molecule has 0 saturated carbocycles. The molecule has 4 N–H and O–H groups in total. The van der Waals surface area contributed by atoms with E-state index in [9.17, 15) is 9.90 Å². The van der Waals surface area contributed by atoms with Crippen LogP contribution in [0.1, 0.15) is 13.3 Å². The summed E-state index contributed by atoms with van der Waals surface area (Å²) in [7, 11) is 3.45. The Morgan fingerprint density at radius 2 is 2.05 bits per heavy atom. The van der Waals surface area contributed by atoms with Gasteiger partial charge in [-0.05, 0) is 43.2 Å². The Balaban J connectivity index is 1.83. The third kappa shape index (κ3) is 7.67. The molecule has 0 spiro atoms. The number of β-amino-alcohol motifs (C(OH)–C–C–N with tert-alkyl or cyclic N) is 1. The van der Waals surface area contributed by atoms with Gasteiger partial charge >= 0.3 is 0 Å². The summed E-state index contributed by atoms with van der Waals surface area (Å²) in [6.07, 6.45) is 10.5. The van der Waals surface area contributed by atoms with Crippen LogP contribution in [0.3, 0.4) is 0 Å². The number of benzene rings is 1. The molecule has 1 aliphatic carbocycles. The van der Waals surface area contributed by atoms with Crippen LogP contribution >= 0.6 is 0 Å². The lowest BCUT2D eigenvalue weighted by Gasteiger charge is -2.37. The predicted octanol–water partition coefficient (Wildman–Crippen LogP) is 3.31. The standard InChI is InChI=1S/C29H40N8O3/c1-6-29(39)34-24-18-25(28(40-5)19-27(24)37-13-11-36(12-14-37)15-16-38)33-20-32-23(9-10-30)22-7-8-26(21(2)17-22)35(4)31-3/h6-10,18-20,22,30,38H,1,3,11-17H2,2,4-5H3,(H,32,33)(H,34,39)/b23-9-,30-10?. The number of piperazine rings is 1. The van der Waals surface area contributed by atoms with Gasteiger partial charge in [0.15, 0.2) is 0 Å². The van der Waals surface area contributed by atoms with Crippen LogP contribution < -0.4 is 20.3 Å². The fourth-order valence-electron chi connectivity index (χ4n) is 4.79. The van der Waals surface area contributed by atoms with Crippen molar-refractivity contribution in [3.63, 3.8) is 0 Å². The maximum absolute atomic E-state index is 12.3. The molecule has 0 bridgehead atoms. The summed E-state index contributed by atoms with van der Waals surface area (Å²) in [4.78, 5) is 21.3. The SMILES string of the molecule is C=CC(=O)Nc1cc(N/C=N/C(=C\C=N)C2C=CC(N(C)N=C)=C(C)C2)c(OC)cc1N1CCN(CCO)CC1. The lowest BCUT2D eigenvalue weighted by molar-refractivity contribution is -0.111. The largest absolute Gasteiger partial charge is 0.494 e. The Morgan fingerprint density at radius 1 is 1.30 bits per heavy atom. The molecule has 1 unspecified atom stereocenters. The molecule has 40 heavy (non-hydrogen) atoms. The molecule has 1 atom stereocenters. The van der Waals surface area contributed by atoms with E-state index in [2.05, 4.69) is 56.8 Å². The molecule has 11 heteroatoms. The molecular formula is C29H40N8O3. The quantitative estimate of drug-likeness (QED) is 0.129. The fraction of sp³-hybridized carbons (Fsp3) is 0.379. The van der Waals surface area contributed by atoms with E-state index in [0.717, 1.165) is 55.3 Å². The number of nitrogens with one attached hydrogen (secondary N) is 3. The van der Waals surface area contributed by atoms with E-state index in [0.29, 0.717) is 23.7 Å². The highest BCUT2D eigenvalue weighted by molar-refractivity contribution is 6.02. The van der Waals surface area contributed by atoms with Gasteiger partial charge in [-0.15, -0.1) is 0 Å². The van der Waals surface area contributed by atoms with Gasteiger partial charge in [-0.3, -0.25) is 14.7 Å². The molecule has 214 valence electrons. The molecular weight excluding hydrogens is 508 g/mol. The summed E-state index contributed by atoms with van der Waals surface area (Å²) in [5.74, 6) is 0.275. The second kappa shape index (κ2) is 14.8. The van der Waals surface area contributed by atoms with Gasteiger partial charge in [-0.25, -0.2) is 4.99 Å². The fourth-order valence-corrected chi connectivity index (χ4v) is 4.79. The minimum atomic E-state index is -0.315. The molecule has 0 aromatic heterocycles.